The number of rotatable bonds is 1. The number of H-pyrrole nitrogens is 1. The van der Waals surface area contributed by atoms with Gasteiger partial charge in [0, 0.05) is 3.57 Å². The van der Waals surface area contributed by atoms with Crippen molar-refractivity contribution >= 4 is 34.2 Å². The van der Waals surface area contributed by atoms with Gasteiger partial charge >= 0.3 is 0 Å². The number of alkyl halides is 2. The van der Waals surface area contributed by atoms with Crippen LogP contribution >= 0.6 is 34.2 Å². The summed E-state index contributed by atoms with van der Waals surface area (Å²) in [6.45, 7) is 0. The quantitative estimate of drug-likeness (QED) is 0.628. The fourth-order valence-corrected chi connectivity index (χ4v) is 1.27. The molecular weight excluding hydrogens is 302 g/mol. The molecule has 12 heavy (non-hydrogen) atoms. The van der Waals surface area contributed by atoms with Crippen molar-refractivity contribution in [2.75, 3.05) is 0 Å². The Morgan fingerprint density at radius 2 is 2.17 bits per heavy atom. The molecule has 1 aromatic heterocycles. The molecule has 2 nitrogen and oxygen atoms in total. The van der Waals surface area contributed by atoms with E-state index in [1.807, 2.05) is 0 Å². The molecule has 0 aromatic carbocycles. The third-order valence-electron chi connectivity index (χ3n) is 1.21. The highest BCUT2D eigenvalue weighted by Gasteiger charge is 2.13. The Balaban J connectivity index is 3.33. The Morgan fingerprint density at radius 1 is 1.58 bits per heavy atom. The molecule has 0 fully saturated rings. The van der Waals surface area contributed by atoms with Crippen molar-refractivity contribution in [3.63, 3.8) is 0 Å². The molecular formula is C6H3ClF2INO. The summed E-state index contributed by atoms with van der Waals surface area (Å²) in [4.78, 5) is 12.9. The van der Waals surface area contributed by atoms with Crippen LogP contribution in [0.1, 0.15) is 12.0 Å². The molecule has 0 saturated carbocycles. The number of nitrogens with one attached hydrogen (secondary N) is 1. The Morgan fingerprint density at radius 3 is 2.67 bits per heavy atom. The minimum atomic E-state index is -2.76. The molecule has 0 atom stereocenters. The van der Waals surface area contributed by atoms with Crippen LogP contribution in [0.25, 0.3) is 0 Å². The largest absolute Gasteiger partial charge is 0.312 e. The zero-order valence-electron chi connectivity index (χ0n) is 5.57. The first kappa shape index (κ1) is 9.91. The average molecular weight is 305 g/mol. The lowest BCUT2D eigenvalue weighted by Gasteiger charge is -2.00. The van der Waals surface area contributed by atoms with Gasteiger partial charge in [-0.3, -0.25) is 4.79 Å². The fourth-order valence-electron chi connectivity index (χ4n) is 0.659. The van der Waals surface area contributed by atoms with Gasteiger partial charge in [0.15, 0.2) is 0 Å². The van der Waals surface area contributed by atoms with Crippen LogP contribution in [0.15, 0.2) is 10.9 Å². The zero-order valence-corrected chi connectivity index (χ0v) is 8.49. The van der Waals surface area contributed by atoms with Gasteiger partial charge in [-0.25, -0.2) is 8.78 Å². The van der Waals surface area contributed by atoms with Crippen LogP contribution in [0.4, 0.5) is 8.78 Å². The molecule has 6 heteroatoms. The van der Waals surface area contributed by atoms with E-state index in [1.54, 1.807) is 22.6 Å². The van der Waals surface area contributed by atoms with Crippen molar-refractivity contribution in [1.29, 1.82) is 0 Å². The monoisotopic (exact) mass is 305 g/mol. The molecule has 1 aromatic rings. The number of aromatic nitrogens is 1. The number of hydrogen-bond donors (Lipinski definition) is 1. The minimum absolute atomic E-state index is 0.0880. The molecule has 0 bridgehead atoms. The van der Waals surface area contributed by atoms with E-state index in [0.717, 1.165) is 6.07 Å². The SMILES string of the molecule is O=c1[nH]c(Cl)c(I)cc1C(F)F. The van der Waals surface area contributed by atoms with Crippen LogP contribution in [-0.4, -0.2) is 4.98 Å². The second-order valence-electron chi connectivity index (χ2n) is 2.02. The predicted octanol–water partition coefficient (Wildman–Crippen LogP) is 2.57. The zero-order chi connectivity index (χ0) is 9.30. The van der Waals surface area contributed by atoms with Gasteiger partial charge in [0.05, 0.1) is 5.56 Å². The van der Waals surface area contributed by atoms with Crippen LogP contribution in [-0.2, 0) is 0 Å². The summed E-state index contributed by atoms with van der Waals surface area (Å²) in [6.07, 6.45) is -2.76. The third kappa shape index (κ3) is 1.95. The summed E-state index contributed by atoms with van der Waals surface area (Å²) >= 11 is 7.25. The van der Waals surface area contributed by atoms with E-state index in [2.05, 4.69) is 4.98 Å². The summed E-state index contributed by atoms with van der Waals surface area (Å²) < 4.78 is 24.6. The highest BCUT2D eigenvalue weighted by Crippen LogP contribution is 2.20. The lowest BCUT2D eigenvalue weighted by Crippen LogP contribution is -2.13. The highest BCUT2D eigenvalue weighted by molar-refractivity contribution is 14.1. The smallest absolute Gasteiger partial charge is 0.269 e. The van der Waals surface area contributed by atoms with Crippen LogP contribution in [0.5, 0.6) is 0 Å². The summed E-state index contributed by atoms with van der Waals surface area (Å²) in [7, 11) is 0. The molecule has 0 unspecified atom stereocenters. The maximum absolute atomic E-state index is 12.1. The van der Waals surface area contributed by atoms with Crippen molar-refractivity contribution < 1.29 is 8.78 Å². The molecule has 0 aliphatic rings. The number of hydrogen-bond acceptors (Lipinski definition) is 1. The topological polar surface area (TPSA) is 32.9 Å². The molecule has 0 amide bonds. The number of aromatic amines is 1. The molecule has 1 heterocycles. The first-order valence-corrected chi connectivity index (χ1v) is 4.34. The van der Waals surface area contributed by atoms with Gasteiger partial charge in [0.25, 0.3) is 12.0 Å². The van der Waals surface area contributed by atoms with Gasteiger partial charge in [-0.2, -0.15) is 0 Å². The molecule has 1 N–H and O–H groups in total. The summed E-state index contributed by atoms with van der Waals surface area (Å²) in [5, 5.41) is 0.0880. The van der Waals surface area contributed by atoms with E-state index in [-0.39, 0.29) is 5.15 Å². The summed E-state index contributed by atoms with van der Waals surface area (Å²) in [5.74, 6) is 0. The van der Waals surface area contributed by atoms with E-state index in [0.29, 0.717) is 3.57 Å². The van der Waals surface area contributed by atoms with Gasteiger partial charge in [-0.1, -0.05) is 11.6 Å². The fraction of sp³-hybridized carbons (Fsp3) is 0.167. The lowest BCUT2D eigenvalue weighted by molar-refractivity contribution is 0.149. The summed E-state index contributed by atoms with van der Waals surface area (Å²) in [6, 6.07) is 1.08. The Kier molecular flexibility index (Phi) is 3.05. The van der Waals surface area contributed by atoms with E-state index in [9.17, 15) is 13.6 Å². The Labute approximate surface area is 85.1 Å². The van der Waals surface area contributed by atoms with Gasteiger partial charge in [-0.15, -0.1) is 0 Å². The number of halogens is 4. The minimum Gasteiger partial charge on any atom is -0.312 e. The van der Waals surface area contributed by atoms with Crippen molar-refractivity contribution in [1.82, 2.24) is 4.98 Å². The van der Waals surface area contributed by atoms with Crippen molar-refractivity contribution in [2.45, 2.75) is 6.43 Å². The molecule has 0 radical (unpaired) electrons. The van der Waals surface area contributed by atoms with Gasteiger partial charge in [-0.05, 0) is 28.7 Å². The van der Waals surface area contributed by atoms with E-state index < -0.39 is 17.5 Å². The highest BCUT2D eigenvalue weighted by atomic mass is 127. The predicted molar refractivity (Wildman–Crippen MR) is 49.7 cm³/mol. The van der Waals surface area contributed by atoms with E-state index in [4.69, 9.17) is 11.6 Å². The van der Waals surface area contributed by atoms with Crippen LogP contribution in [0.3, 0.4) is 0 Å². The van der Waals surface area contributed by atoms with E-state index in [1.165, 1.54) is 0 Å². The van der Waals surface area contributed by atoms with Gasteiger partial charge in [0.2, 0.25) is 0 Å². The van der Waals surface area contributed by atoms with Crippen LogP contribution < -0.4 is 5.56 Å². The van der Waals surface area contributed by atoms with Crippen molar-refractivity contribution in [3.05, 3.63) is 30.7 Å². The van der Waals surface area contributed by atoms with Gasteiger partial charge in [0.1, 0.15) is 5.15 Å². The number of pyridine rings is 1. The molecule has 0 saturated heterocycles. The Hall–Kier alpha value is -0.170. The average Bonchev–Trinajstić information content (AvgIpc) is 1.96. The van der Waals surface area contributed by atoms with E-state index >= 15 is 0 Å². The standard InChI is InChI=1S/C6H3ClF2INO/c7-4-3(10)1-2(5(8)9)6(12)11-4/h1,5H,(H,11,12). The molecule has 0 aliphatic carbocycles. The Bertz CT molecular complexity index is 352. The molecule has 0 aliphatic heterocycles. The summed E-state index contributed by atoms with van der Waals surface area (Å²) in [5.41, 5.74) is -1.39. The third-order valence-corrected chi connectivity index (χ3v) is 2.68. The second kappa shape index (κ2) is 3.69. The molecule has 0 spiro atoms. The molecule has 1 rings (SSSR count). The van der Waals surface area contributed by atoms with Crippen LogP contribution in [0, 0.1) is 3.57 Å². The first-order valence-electron chi connectivity index (χ1n) is 2.88. The normalized spacial score (nSPS) is 10.8. The van der Waals surface area contributed by atoms with Crippen molar-refractivity contribution in [2.24, 2.45) is 0 Å². The van der Waals surface area contributed by atoms with Crippen LogP contribution in [0.2, 0.25) is 5.15 Å². The second-order valence-corrected chi connectivity index (χ2v) is 3.56. The first-order chi connectivity index (χ1) is 5.52. The maximum atomic E-state index is 12.1. The lowest BCUT2D eigenvalue weighted by atomic mass is 10.3. The maximum Gasteiger partial charge on any atom is 0.269 e. The van der Waals surface area contributed by atoms with Gasteiger partial charge < -0.3 is 4.98 Å². The molecule has 66 valence electrons. The van der Waals surface area contributed by atoms with Crippen molar-refractivity contribution in [3.8, 4) is 0 Å².